The van der Waals surface area contributed by atoms with Crippen molar-refractivity contribution in [3.05, 3.63) is 58.5 Å². The molecule has 3 aromatic heterocycles. The molecule has 0 saturated carbocycles. The molecule has 0 aliphatic heterocycles. The summed E-state index contributed by atoms with van der Waals surface area (Å²) in [7, 11) is 0. The Morgan fingerprint density at radius 3 is 2.88 bits per heavy atom. The fraction of sp³-hybridized carbons (Fsp3) is 0.188. The number of nitrogens with zero attached hydrogens (tertiary/aromatic N) is 2. The van der Waals surface area contributed by atoms with E-state index >= 15 is 0 Å². The molecule has 24 heavy (non-hydrogen) atoms. The van der Waals surface area contributed by atoms with Gasteiger partial charge in [0.2, 0.25) is 5.91 Å². The highest BCUT2D eigenvalue weighted by Gasteiger charge is 2.13. The van der Waals surface area contributed by atoms with Crippen LogP contribution in [0.3, 0.4) is 0 Å². The van der Waals surface area contributed by atoms with Crippen LogP contribution in [0.1, 0.15) is 11.5 Å². The van der Waals surface area contributed by atoms with Crippen molar-refractivity contribution in [3.63, 3.8) is 0 Å². The lowest BCUT2D eigenvalue weighted by Gasteiger charge is -2.08. The number of aryl methyl sites for hydroxylation is 1. The van der Waals surface area contributed by atoms with Gasteiger partial charge in [0.15, 0.2) is 5.76 Å². The van der Waals surface area contributed by atoms with E-state index in [4.69, 9.17) is 14.6 Å². The number of nitrogens with two attached hydrogens (primary N) is 1. The van der Waals surface area contributed by atoms with Crippen LogP contribution in [0, 0.1) is 6.92 Å². The molecule has 0 radical (unpaired) electrons. The Hall–Kier alpha value is -3.29. The molecule has 1 amide bonds. The molecule has 0 fully saturated rings. The molecule has 0 aliphatic rings. The monoisotopic (exact) mass is 328 g/mol. The van der Waals surface area contributed by atoms with Gasteiger partial charge in [0, 0.05) is 0 Å². The lowest BCUT2D eigenvalue weighted by molar-refractivity contribution is -0.122. The molecule has 0 aromatic carbocycles. The van der Waals surface area contributed by atoms with Gasteiger partial charge in [-0.3, -0.25) is 9.59 Å². The van der Waals surface area contributed by atoms with Crippen molar-refractivity contribution < 1.29 is 13.6 Å². The maximum atomic E-state index is 12.1. The van der Waals surface area contributed by atoms with E-state index < -0.39 is 5.56 Å². The van der Waals surface area contributed by atoms with Gasteiger partial charge >= 0.3 is 0 Å². The number of aromatic nitrogens is 2. The molecule has 0 bridgehead atoms. The van der Waals surface area contributed by atoms with Crippen molar-refractivity contribution in [3.8, 4) is 11.5 Å². The first-order valence-corrected chi connectivity index (χ1v) is 7.26. The van der Waals surface area contributed by atoms with Crippen molar-refractivity contribution in [2.45, 2.75) is 20.0 Å². The summed E-state index contributed by atoms with van der Waals surface area (Å²) in [5.41, 5.74) is 5.58. The first-order chi connectivity index (χ1) is 11.5. The molecule has 3 N–H and O–H groups in total. The predicted molar refractivity (Wildman–Crippen MR) is 85.9 cm³/mol. The van der Waals surface area contributed by atoms with Gasteiger partial charge in [-0.1, -0.05) is 0 Å². The Morgan fingerprint density at radius 2 is 2.21 bits per heavy atom. The van der Waals surface area contributed by atoms with Crippen molar-refractivity contribution >= 4 is 11.6 Å². The highest BCUT2D eigenvalue weighted by atomic mass is 16.3. The highest BCUT2D eigenvalue weighted by Crippen LogP contribution is 2.19. The van der Waals surface area contributed by atoms with E-state index in [0.29, 0.717) is 23.0 Å². The van der Waals surface area contributed by atoms with E-state index in [2.05, 4.69) is 10.4 Å². The minimum absolute atomic E-state index is 0.00659. The van der Waals surface area contributed by atoms with Crippen molar-refractivity contribution in [1.29, 1.82) is 0 Å². The summed E-state index contributed by atoms with van der Waals surface area (Å²) in [6, 6.07) is 8.39. The van der Waals surface area contributed by atoms with Gasteiger partial charge in [0.05, 0.1) is 12.8 Å². The Balaban J connectivity index is 1.78. The number of carbonyl (C=O) groups is 1. The summed E-state index contributed by atoms with van der Waals surface area (Å²) in [6.45, 7) is 1.77. The molecule has 3 rings (SSSR count). The third kappa shape index (κ3) is 3.37. The van der Waals surface area contributed by atoms with Gasteiger partial charge < -0.3 is 19.9 Å². The number of hydrogen-bond acceptors (Lipinski definition) is 6. The number of nitrogens with one attached hydrogen (secondary N) is 1. The first-order valence-electron chi connectivity index (χ1n) is 7.26. The quantitative estimate of drug-likeness (QED) is 0.729. The van der Waals surface area contributed by atoms with Crippen LogP contribution in [-0.4, -0.2) is 15.7 Å². The highest BCUT2D eigenvalue weighted by molar-refractivity contribution is 5.75. The van der Waals surface area contributed by atoms with Crippen LogP contribution < -0.4 is 16.6 Å². The van der Waals surface area contributed by atoms with Crippen LogP contribution in [-0.2, 0) is 17.9 Å². The first kappa shape index (κ1) is 15.6. The number of rotatable bonds is 5. The number of furan rings is 2. The number of amides is 1. The van der Waals surface area contributed by atoms with Gasteiger partial charge in [-0.25, -0.2) is 4.68 Å². The van der Waals surface area contributed by atoms with Crippen LogP contribution >= 0.6 is 0 Å². The fourth-order valence-corrected chi connectivity index (χ4v) is 2.15. The lowest BCUT2D eigenvalue weighted by atomic mass is 10.3. The predicted octanol–water partition coefficient (Wildman–Crippen LogP) is 1.30. The van der Waals surface area contributed by atoms with Crippen molar-refractivity contribution in [1.82, 2.24) is 15.1 Å². The third-order valence-electron chi connectivity index (χ3n) is 3.33. The molecular weight excluding hydrogens is 312 g/mol. The fourth-order valence-electron chi connectivity index (χ4n) is 2.15. The standard InChI is InChI=1S/C16H16N4O4/c1-10-4-5-14(24-10)13-7-12(17)16(22)20(19-13)9-15(21)18-8-11-3-2-6-23-11/h2-7H,8-9,17H2,1H3,(H,18,21). The number of hydrogen-bond donors (Lipinski definition) is 2. The summed E-state index contributed by atoms with van der Waals surface area (Å²) in [5.74, 6) is 1.42. The Kier molecular flexibility index (Phi) is 4.19. The van der Waals surface area contributed by atoms with E-state index in [-0.39, 0.29) is 24.7 Å². The largest absolute Gasteiger partial charge is 0.467 e. The van der Waals surface area contributed by atoms with Gasteiger partial charge in [0.1, 0.15) is 29.4 Å². The van der Waals surface area contributed by atoms with Gasteiger partial charge in [-0.2, -0.15) is 5.10 Å². The van der Waals surface area contributed by atoms with Crippen molar-refractivity contribution in [2.75, 3.05) is 5.73 Å². The molecule has 8 heteroatoms. The third-order valence-corrected chi connectivity index (χ3v) is 3.33. The van der Waals surface area contributed by atoms with E-state index in [1.54, 1.807) is 31.2 Å². The maximum absolute atomic E-state index is 12.1. The topological polar surface area (TPSA) is 116 Å². The summed E-state index contributed by atoms with van der Waals surface area (Å²) < 4.78 is 11.6. The average molecular weight is 328 g/mol. The molecular formula is C16H16N4O4. The van der Waals surface area contributed by atoms with E-state index in [0.717, 1.165) is 4.68 Å². The van der Waals surface area contributed by atoms with Crippen molar-refractivity contribution in [2.24, 2.45) is 0 Å². The summed E-state index contributed by atoms with van der Waals surface area (Å²) >= 11 is 0. The van der Waals surface area contributed by atoms with Gasteiger partial charge in [-0.05, 0) is 37.3 Å². The Bertz CT molecular complexity index is 909. The van der Waals surface area contributed by atoms with E-state index in [1.165, 1.54) is 12.3 Å². The molecule has 0 atom stereocenters. The van der Waals surface area contributed by atoms with E-state index in [1.807, 2.05) is 0 Å². The molecule has 124 valence electrons. The van der Waals surface area contributed by atoms with Gasteiger partial charge in [-0.15, -0.1) is 0 Å². The second kappa shape index (κ2) is 6.45. The second-order valence-electron chi connectivity index (χ2n) is 5.21. The summed E-state index contributed by atoms with van der Waals surface area (Å²) in [6.07, 6.45) is 1.52. The minimum atomic E-state index is -0.532. The molecule has 0 unspecified atom stereocenters. The lowest BCUT2D eigenvalue weighted by Crippen LogP contribution is -2.34. The molecule has 3 aromatic rings. The van der Waals surface area contributed by atoms with Crippen LogP contribution in [0.5, 0.6) is 0 Å². The van der Waals surface area contributed by atoms with Crippen LogP contribution in [0.15, 0.2) is 50.2 Å². The molecule has 8 nitrogen and oxygen atoms in total. The minimum Gasteiger partial charge on any atom is -0.467 e. The number of nitrogen functional groups attached to an aromatic ring is 1. The van der Waals surface area contributed by atoms with Crippen LogP contribution in [0.2, 0.25) is 0 Å². The van der Waals surface area contributed by atoms with Crippen LogP contribution in [0.25, 0.3) is 11.5 Å². The number of anilines is 1. The zero-order chi connectivity index (χ0) is 17.1. The maximum Gasteiger partial charge on any atom is 0.290 e. The number of carbonyl (C=O) groups excluding carboxylic acids is 1. The zero-order valence-corrected chi connectivity index (χ0v) is 13.0. The zero-order valence-electron chi connectivity index (χ0n) is 13.0. The van der Waals surface area contributed by atoms with Crippen LogP contribution in [0.4, 0.5) is 5.69 Å². The van der Waals surface area contributed by atoms with E-state index in [9.17, 15) is 9.59 Å². The molecule has 0 aliphatic carbocycles. The SMILES string of the molecule is Cc1ccc(-c2cc(N)c(=O)n(CC(=O)NCc3ccco3)n2)o1. The summed E-state index contributed by atoms with van der Waals surface area (Å²) in [4.78, 5) is 24.1. The normalized spacial score (nSPS) is 10.7. The molecule has 3 heterocycles. The Labute approximate surface area is 136 Å². The molecule has 0 saturated heterocycles. The molecule has 0 spiro atoms. The smallest absolute Gasteiger partial charge is 0.290 e. The second-order valence-corrected chi connectivity index (χ2v) is 5.21. The average Bonchev–Trinajstić information content (AvgIpc) is 3.21. The van der Waals surface area contributed by atoms with Gasteiger partial charge in [0.25, 0.3) is 5.56 Å². The summed E-state index contributed by atoms with van der Waals surface area (Å²) in [5, 5.41) is 6.79. The Morgan fingerprint density at radius 1 is 1.38 bits per heavy atom.